The average Bonchev–Trinajstić information content (AvgIpc) is 2.78. The number of piperazine rings is 1. The molecule has 1 amide bonds. The number of carbonyl (C=O) groups is 1. The lowest BCUT2D eigenvalue weighted by Gasteiger charge is -2.34. The van der Waals surface area contributed by atoms with Gasteiger partial charge in [-0.3, -0.25) is 4.79 Å². The zero-order valence-electron chi connectivity index (χ0n) is 15.6. The van der Waals surface area contributed by atoms with Gasteiger partial charge in [0.25, 0.3) is 5.91 Å². The van der Waals surface area contributed by atoms with E-state index in [9.17, 15) is 13.2 Å². The van der Waals surface area contributed by atoms with E-state index >= 15 is 0 Å². The first-order valence-electron chi connectivity index (χ1n) is 9.18. The van der Waals surface area contributed by atoms with Crippen LogP contribution in [0, 0.1) is 11.3 Å². The zero-order valence-corrected chi connectivity index (χ0v) is 16.4. The van der Waals surface area contributed by atoms with Crippen LogP contribution in [0.5, 0.6) is 11.5 Å². The van der Waals surface area contributed by atoms with Crippen LogP contribution in [0.25, 0.3) is 0 Å². The summed E-state index contributed by atoms with van der Waals surface area (Å²) in [7, 11) is -3.70. The molecule has 0 unspecified atom stereocenters. The Balaban J connectivity index is 1.46. The average molecular weight is 413 g/mol. The first-order valence-corrected chi connectivity index (χ1v) is 10.6. The molecular formula is C20H19N3O5S. The van der Waals surface area contributed by atoms with Crippen LogP contribution in [-0.4, -0.2) is 62.9 Å². The fourth-order valence-corrected chi connectivity index (χ4v) is 4.81. The fraction of sp³-hybridized carbons (Fsp3) is 0.300. The Labute approximate surface area is 168 Å². The molecule has 2 aromatic carbocycles. The summed E-state index contributed by atoms with van der Waals surface area (Å²) in [6, 6.07) is 13.1. The standard InChI is InChI=1S/C20H19N3O5S/c21-14-15-2-1-3-16(12-15)20(24)22-6-8-23(9-7-22)29(25,26)17-4-5-18-19(13-17)28-11-10-27-18/h1-5,12-13H,6-11H2. The maximum Gasteiger partial charge on any atom is 0.253 e. The van der Waals surface area contributed by atoms with Gasteiger partial charge in [-0.25, -0.2) is 8.42 Å². The van der Waals surface area contributed by atoms with Crippen LogP contribution in [0.4, 0.5) is 0 Å². The molecule has 0 bridgehead atoms. The minimum Gasteiger partial charge on any atom is -0.486 e. The second kappa shape index (κ2) is 7.73. The van der Waals surface area contributed by atoms with Gasteiger partial charge >= 0.3 is 0 Å². The van der Waals surface area contributed by atoms with Crippen molar-refractivity contribution in [3.05, 3.63) is 53.6 Å². The Bertz CT molecular complexity index is 1090. The van der Waals surface area contributed by atoms with E-state index in [4.69, 9.17) is 14.7 Å². The number of rotatable bonds is 3. The van der Waals surface area contributed by atoms with Gasteiger partial charge < -0.3 is 14.4 Å². The molecule has 1 saturated heterocycles. The predicted octanol–water partition coefficient (Wildman–Crippen LogP) is 1.48. The van der Waals surface area contributed by atoms with E-state index in [1.165, 1.54) is 16.4 Å². The van der Waals surface area contributed by atoms with E-state index in [1.807, 2.05) is 6.07 Å². The van der Waals surface area contributed by atoms with Gasteiger partial charge in [0.1, 0.15) is 13.2 Å². The lowest BCUT2D eigenvalue weighted by Crippen LogP contribution is -2.50. The van der Waals surface area contributed by atoms with E-state index in [2.05, 4.69) is 0 Å². The van der Waals surface area contributed by atoms with Crippen molar-refractivity contribution in [1.82, 2.24) is 9.21 Å². The second-order valence-corrected chi connectivity index (χ2v) is 8.63. The third-order valence-corrected chi connectivity index (χ3v) is 6.81. The van der Waals surface area contributed by atoms with E-state index < -0.39 is 10.0 Å². The van der Waals surface area contributed by atoms with Crippen molar-refractivity contribution >= 4 is 15.9 Å². The van der Waals surface area contributed by atoms with Crippen LogP contribution in [0.3, 0.4) is 0 Å². The van der Waals surface area contributed by atoms with Crippen LogP contribution in [0.1, 0.15) is 15.9 Å². The van der Waals surface area contributed by atoms with Crippen LogP contribution in [-0.2, 0) is 10.0 Å². The van der Waals surface area contributed by atoms with Crippen LogP contribution in [0.15, 0.2) is 47.4 Å². The molecule has 0 saturated carbocycles. The van der Waals surface area contributed by atoms with Crippen LogP contribution >= 0.6 is 0 Å². The molecular weight excluding hydrogens is 394 g/mol. The molecule has 2 aromatic rings. The van der Waals surface area contributed by atoms with Gasteiger partial charge in [0.15, 0.2) is 11.5 Å². The van der Waals surface area contributed by atoms with Gasteiger partial charge in [-0.05, 0) is 30.3 Å². The molecule has 150 valence electrons. The van der Waals surface area contributed by atoms with Gasteiger partial charge in [-0.2, -0.15) is 9.57 Å². The molecule has 2 aliphatic rings. The zero-order chi connectivity index (χ0) is 20.4. The van der Waals surface area contributed by atoms with Crippen molar-refractivity contribution in [3.63, 3.8) is 0 Å². The topological polar surface area (TPSA) is 99.9 Å². The van der Waals surface area contributed by atoms with Crippen molar-refractivity contribution in [2.75, 3.05) is 39.4 Å². The molecule has 29 heavy (non-hydrogen) atoms. The number of hydrogen-bond donors (Lipinski definition) is 0. The molecule has 4 rings (SSSR count). The molecule has 0 aliphatic carbocycles. The van der Waals surface area contributed by atoms with Gasteiger partial charge in [0.05, 0.1) is 16.5 Å². The monoisotopic (exact) mass is 413 g/mol. The Morgan fingerprint density at radius 2 is 1.69 bits per heavy atom. The number of nitriles is 1. The summed E-state index contributed by atoms with van der Waals surface area (Å²) in [6.45, 7) is 1.76. The number of fused-ring (bicyclic) bond motifs is 1. The van der Waals surface area contributed by atoms with Crippen molar-refractivity contribution in [2.45, 2.75) is 4.90 Å². The van der Waals surface area contributed by atoms with Crippen LogP contribution in [0.2, 0.25) is 0 Å². The molecule has 2 aliphatic heterocycles. The highest BCUT2D eigenvalue weighted by Gasteiger charge is 2.31. The Morgan fingerprint density at radius 3 is 2.41 bits per heavy atom. The first kappa shape index (κ1) is 19.2. The van der Waals surface area contributed by atoms with Gasteiger partial charge in [-0.15, -0.1) is 0 Å². The summed E-state index contributed by atoms with van der Waals surface area (Å²) >= 11 is 0. The summed E-state index contributed by atoms with van der Waals surface area (Å²) in [6.07, 6.45) is 0. The second-order valence-electron chi connectivity index (χ2n) is 6.69. The normalized spacial score (nSPS) is 16.9. The molecule has 0 N–H and O–H groups in total. The SMILES string of the molecule is N#Cc1cccc(C(=O)N2CCN(S(=O)(=O)c3ccc4c(c3)OCCO4)CC2)c1. The van der Waals surface area contributed by atoms with Crippen molar-refractivity contribution in [3.8, 4) is 17.6 Å². The van der Waals surface area contributed by atoms with Crippen molar-refractivity contribution < 1.29 is 22.7 Å². The number of ether oxygens (including phenoxy) is 2. The highest BCUT2D eigenvalue weighted by atomic mass is 32.2. The minimum absolute atomic E-state index is 0.142. The number of nitrogens with zero attached hydrogens (tertiary/aromatic N) is 3. The summed E-state index contributed by atoms with van der Waals surface area (Å²) in [5, 5.41) is 9.00. The van der Waals surface area contributed by atoms with E-state index in [0.717, 1.165) is 0 Å². The summed E-state index contributed by atoms with van der Waals surface area (Å²) in [5.41, 5.74) is 0.836. The number of benzene rings is 2. The maximum absolute atomic E-state index is 13.0. The summed E-state index contributed by atoms with van der Waals surface area (Å²) in [4.78, 5) is 14.4. The summed E-state index contributed by atoms with van der Waals surface area (Å²) in [5.74, 6) is 0.743. The minimum atomic E-state index is -3.70. The van der Waals surface area contributed by atoms with Gasteiger partial charge in [-0.1, -0.05) is 6.07 Å². The van der Waals surface area contributed by atoms with Gasteiger partial charge in [0.2, 0.25) is 10.0 Å². The third-order valence-electron chi connectivity index (χ3n) is 4.92. The lowest BCUT2D eigenvalue weighted by molar-refractivity contribution is 0.0698. The number of hydrogen-bond acceptors (Lipinski definition) is 6. The molecule has 9 heteroatoms. The van der Waals surface area contributed by atoms with Crippen molar-refractivity contribution in [2.24, 2.45) is 0 Å². The maximum atomic E-state index is 13.0. The highest BCUT2D eigenvalue weighted by molar-refractivity contribution is 7.89. The van der Waals surface area contributed by atoms with E-state index in [-0.39, 0.29) is 37.0 Å². The molecule has 0 spiro atoms. The number of amides is 1. The molecule has 1 fully saturated rings. The Hall–Kier alpha value is -3.09. The molecule has 0 aromatic heterocycles. The van der Waals surface area contributed by atoms with E-state index in [1.54, 1.807) is 35.2 Å². The third kappa shape index (κ3) is 3.77. The molecule has 8 nitrogen and oxygen atoms in total. The quantitative estimate of drug-likeness (QED) is 0.756. The fourth-order valence-electron chi connectivity index (χ4n) is 3.37. The highest BCUT2D eigenvalue weighted by Crippen LogP contribution is 2.33. The van der Waals surface area contributed by atoms with E-state index in [0.29, 0.717) is 35.8 Å². The Morgan fingerprint density at radius 1 is 0.966 bits per heavy atom. The first-order chi connectivity index (χ1) is 14.0. The van der Waals surface area contributed by atoms with Gasteiger partial charge in [0, 0.05) is 37.8 Å². The van der Waals surface area contributed by atoms with Crippen LogP contribution < -0.4 is 9.47 Å². The largest absolute Gasteiger partial charge is 0.486 e. The smallest absolute Gasteiger partial charge is 0.253 e. The lowest BCUT2D eigenvalue weighted by atomic mass is 10.1. The number of sulfonamides is 1. The predicted molar refractivity (Wildman–Crippen MR) is 103 cm³/mol. The number of carbonyl (C=O) groups excluding carboxylic acids is 1. The molecule has 2 heterocycles. The molecule has 0 atom stereocenters. The van der Waals surface area contributed by atoms with Crippen molar-refractivity contribution in [1.29, 1.82) is 5.26 Å². The molecule has 0 radical (unpaired) electrons. The summed E-state index contributed by atoms with van der Waals surface area (Å²) < 4.78 is 38.3. The Kier molecular flexibility index (Phi) is 5.13.